The van der Waals surface area contributed by atoms with Gasteiger partial charge >= 0.3 is 5.97 Å². The molecule has 24 heavy (non-hydrogen) atoms. The minimum Gasteiger partial charge on any atom is -0.462 e. The van der Waals surface area contributed by atoms with Gasteiger partial charge in [0.1, 0.15) is 5.82 Å². The minimum atomic E-state index is -0.569. The molecule has 1 aromatic heterocycles. The first kappa shape index (κ1) is 16.6. The number of nitrogens with one attached hydrogen (secondary N) is 1. The molecule has 1 heterocycles. The van der Waals surface area contributed by atoms with E-state index in [1.54, 1.807) is 13.0 Å². The van der Waals surface area contributed by atoms with Gasteiger partial charge < -0.3 is 10.1 Å². The molecule has 3 rings (SSSR count). The van der Waals surface area contributed by atoms with Crippen LogP contribution in [-0.4, -0.2) is 22.5 Å². The Morgan fingerprint density at radius 2 is 2.08 bits per heavy atom. The molecule has 0 saturated heterocycles. The van der Waals surface area contributed by atoms with Crippen molar-refractivity contribution < 1.29 is 13.9 Å². The van der Waals surface area contributed by atoms with Crippen LogP contribution in [0.15, 0.2) is 30.6 Å². The van der Waals surface area contributed by atoms with Gasteiger partial charge in [0, 0.05) is 23.0 Å². The molecule has 0 atom stereocenters. The molecule has 0 aliphatic heterocycles. The molecule has 5 nitrogen and oxygen atoms in total. The third-order valence-electron chi connectivity index (χ3n) is 4.17. The van der Waals surface area contributed by atoms with Crippen LogP contribution >= 0.6 is 11.6 Å². The van der Waals surface area contributed by atoms with E-state index in [2.05, 4.69) is 15.3 Å². The van der Waals surface area contributed by atoms with Crippen molar-refractivity contribution in [1.29, 1.82) is 0 Å². The number of hydrogen-bond acceptors (Lipinski definition) is 5. The molecule has 2 aromatic rings. The maximum atomic E-state index is 14.2. The van der Waals surface area contributed by atoms with Gasteiger partial charge in [-0.05, 0) is 44.4 Å². The predicted octanol–water partition coefficient (Wildman–Crippen LogP) is 3.94. The van der Waals surface area contributed by atoms with Crippen LogP contribution in [0.4, 0.5) is 10.3 Å². The Balaban J connectivity index is 1.83. The monoisotopic (exact) mass is 349 g/mol. The van der Waals surface area contributed by atoms with Crippen molar-refractivity contribution in [1.82, 2.24) is 9.97 Å². The second kappa shape index (κ2) is 6.73. The SMILES string of the molecule is CCOC(=O)c1cnc(NC2(c3cc(Cl)ccc3F)CCC2)nc1. The normalized spacial score (nSPS) is 15.5. The van der Waals surface area contributed by atoms with Crippen molar-refractivity contribution in [2.45, 2.75) is 31.7 Å². The number of aromatic nitrogens is 2. The first-order chi connectivity index (χ1) is 11.5. The molecule has 1 aromatic carbocycles. The van der Waals surface area contributed by atoms with Gasteiger partial charge in [0.15, 0.2) is 0 Å². The zero-order valence-electron chi connectivity index (χ0n) is 13.2. The molecule has 7 heteroatoms. The van der Waals surface area contributed by atoms with Gasteiger partial charge in [0.05, 0.1) is 17.7 Å². The fraction of sp³-hybridized carbons (Fsp3) is 0.353. The van der Waals surface area contributed by atoms with Crippen molar-refractivity contribution in [3.05, 3.63) is 52.6 Å². The summed E-state index contributed by atoms with van der Waals surface area (Å²) in [6.07, 6.45) is 5.28. The number of esters is 1. The van der Waals surface area contributed by atoms with Crippen LogP contribution in [0.2, 0.25) is 5.02 Å². The van der Waals surface area contributed by atoms with Crippen molar-refractivity contribution in [2.24, 2.45) is 0 Å². The summed E-state index contributed by atoms with van der Waals surface area (Å²) in [5.74, 6) is -0.444. The maximum absolute atomic E-state index is 14.2. The van der Waals surface area contributed by atoms with E-state index in [9.17, 15) is 9.18 Å². The largest absolute Gasteiger partial charge is 0.462 e. The predicted molar refractivity (Wildman–Crippen MR) is 88.6 cm³/mol. The molecule has 1 saturated carbocycles. The molecule has 0 radical (unpaired) electrons. The summed E-state index contributed by atoms with van der Waals surface area (Å²) < 4.78 is 19.1. The maximum Gasteiger partial charge on any atom is 0.341 e. The highest BCUT2D eigenvalue weighted by Gasteiger charge is 2.41. The Hall–Kier alpha value is -2.21. The van der Waals surface area contributed by atoms with Gasteiger partial charge in [-0.15, -0.1) is 0 Å². The number of carbonyl (C=O) groups excluding carboxylic acids is 1. The number of ether oxygens (including phenoxy) is 1. The van der Waals surface area contributed by atoms with Gasteiger partial charge in [-0.3, -0.25) is 0 Å². The van der Waals surface area contributed by atoms with Crippen molar-refractivity contribution in [2.75, 3.05) is 11.9 Å². The highest BCUT2D eigenvalue weighted by Crippen LogP contribution is 2.45. The summed E-state index contributed by atoms with van der Waals surface area (Å²) >= 11 is 6.02. The van der Waals surface area contributed by atoms with Crippen LogP contribution in [0.3, 0.4) is 0 Å². The average Bonchev–Trinajstić information content (AvgIpc) is 2.54. The van der Waals surface area contributed by atoms with E-state index in [1.165, 1.54) is 24.5 Å². The molecule has 0 unspecified atom stereocenters. The summed E-state index contributed by atoms with van der Waals surface area (Å²) in [5, 5.41) is 3.69. The van der Waals surface area contributed by atoms with Gasteiger partial charge in [-0.2, -0.15) is 0 Å². The zero-order chi connectivity index (χ0) is 17.2. The topological polar surface area (TPSA) is 64.1 Å². The first-order valence-electron chi connectivity index (χ1n) is 7.77. The standard InChI is InChI=1S/C17H17ClFN3O2/c1-2-24-15(23)11-9-20-16(21-10-11)22-17(6-3-7-17)13-8-12(18)4-5-14(13)19/h4-5,8-10H,2-3,6-7H2,1H3,(H,20,21,22). The number of nitrogens with zero attached hydrogens (tertiary/aromatic N) is 2. The molecular formula is C17H17ClFN3O2. The Morgan fingerprint density at radius 1 is 1.38 bits per heavy atom. The molecule has 0 amide bonds. The fourth-order valence-corrected chi connectivity index (χ4v) is 2.95. The van der Waals surface area contributed by atoms with E-state index in [0.29, 0.717) is 16.5 Å². The molecule has 1 fully saturated rings. The van der Waals surface area contributed by atoms with Crippen LogP contribution in [0, 0.1) is 5.82 Å². The van der Waals surface area contributed by atoms with Crippen LogP contribution < -0.4 is 5.32 Å². The second-order valence-corrected chi connectivity index (χ2v) is 6.14. The third kappa shape index (κ3) is 3.19. The lowest BCUT2D eigenvalue weighted by molar-refractivity contribution is 0.0525. The fourth-order valence-electron chi connectivity index (χ4n) is 2.78. The van der Waals surface area contributed by atoms with Crippen LogP contribution in [0.5, 0.6) is 0 Å². The molecule has 126 valence electrons. The van der Waals surface area contributed by atoms with Gasteiger partial charge in [-0.25, -0.2) is 19.2 Å². The van der Waals surface area contributed by atoms with Crippen LogP contribution in [0.1, 0.15) is 42.1 Å². The van der Waals surface area contributed by atoms with E-state index in [-0.39, 0.29) is 18.0 Å². The summed E-state index contributed by atoms with van der Waals surface area (Å²) in [5.41, 5.74) is 0.221. The molecule has 0 spiro atoms. The molecule has 0 bridgehead atoms. The Bertz CT molecular complexity index is 748. The van der Waals surface area contributed by atoms with Crippen molar-refractivity contribution in [3.8, 4) is 0 Å². The molecular weight excluding hydrogens is 333 g/mol. The van der Waals surface area contributed by atoms with E-state index < -0.39 is 11.5 Å². The molecule has 1 aliphatic carbocycles. The lowest BCUT2D eigenvalue weighted by atomic mass is 9.71. The van der Waals surface area contributed by atoms with Gasteiger partial charge in [0.25, 0.3) is 0 Å². The van der Waals surface area contributed by atoms with Crippen LogP contribution in [0.25, 0.3) is 0 Å². The number of benzene rings is 1. The molecule has 1 N–H and O–H groups in total. The highest BCUT2D eigenvalue weighted by molar-refractivity contribution is 6.30. The minimum absolute atomic E-state index is 0.277. The van der Waals surface area contributed by atoms with Gasteiger partial charge in [-0.1, -0.05) is 11.6 Å². The highest BCUT2D eigenvalue weighted by atomic mass is 35.5. The smallest absolute Gasteiger partial charge is 0.341 e. The Morgan fingerprint density at radius 3 is 2.67 bits per heavy atom. The average molecular weight is 350 g/mol. The van der Waals surface area contributed by atoms with Crippen molar-refractivity contribution in [3.63, 3.8) is 0 Å². The summed E-state index contributed by atoms with van der Waals surface area (Å²) in [6.45, 7) is 2.02. The quantitative estimate of drug-likeness (QED) is 0.828. The second-order valence-electron chi connectivity index (χ2n) is 5.70. The van der Waals surface area contributed by atoms with Crippen LogP contribution in [-0.2, 0) is 10.3 Å². The number of rotatable bonds is 5. The van der Waals surface area contributed by atoms with E-state index in [4.69, 9.17) is 16.3 Å². The number of anilines is 1. The van der Waals surface area contributed by atoms with E-state index in [0.717, 1.165) is 19.3 Å². The van der Waals surface area contributed by atoms with E-state index in [1.807, 2.05) is 0 Å². The number of carbonyl (C=O) groups is 1. The third-order valence-corrected chi connectivity index (χ3v) is 4.40. The number of hydrogen-bond donors (Lipinski definition) is 1. The van der Waals surface area contributed by atoms with E-state index >= 15 is 0 Å². The lowest BCUT2D eigenvalue weighted by Gasteiger charge is -2.43. The Kier molecular flexibility index (Phi) is 4.66. The first-order valence-corrected chi connectivity index (χ1v) is 8.15. The Labute approximate surface area is 144 Å². The summed E-state index contributed by atoms with van der Waals surface area (Å²) in [6, 6.07) is 4.53. The van der Waals surface area contributed by atoms with Gasteiger partial charge in [0.2, 0.25) is 5.95 Å². The number of halogens is 2. The van der Waals surface area contributed by atoms with Crippen molar-refractivity contribution >= 4 is 23.5 Å². The summed E-state index contributed by atoms with van der Waals surface area (Å²) in [7, 11) is 0. The molecule has 1 aliphatic rings. The summed E-state index contributed by atoms with van der Waals surface area (Å²) in [4.78, 5) is 19.9. The zero-order valence-corrected chi connectivity index (χ0v) is 13.9. The lowest BCUT2D eigenvalue weighted by Crippen LogP contribution is -2.43.